The van der Waals surface area contributed by atoms with Crippen LogP contribution in [0.5, 0.6) is 5.75 Å². The van der Waals surface area contributed by atoms with E-state index in [1.165, 1.54) is 17.8 Å². The van der Waals surface area contributed by atoms with Crippen LogP contribution in [0.4, 0.5) is 10.1 Å². The largest absolute Gasteiger partial charge is 0.494 e. The van der Waals surface area contributed by atoms with E-state index in [0.29, 0.717) is 33.9 Å². The standard InChI is InChI=1S/C25H22ClFN4O2S/c1-3-33-21-12-10-20(11-13-21)31-24(17-5-7-18(26)8-6-17)29-30-25(31)34-15-23(32)28-19-9-4-16(2)22(27)14-19/h4-14H,3,15H2,1-2H3,(H,28,32). The number of aromatic nitrogens is 3. The third-order valence-corrected chi connectivity index (χ3v) is 6.11. The average molecular weight is 497 g/mol. The summed E-state index contributed by atoms with van der Waals surface area (Å²) >= 11 is 7.28. The number of thioether (sulfide) groups is 1. The van der Waals surface area contributed by atoms with E-state index in [1.54, 1.807) is 31.2 Å². The second kappa shape index (κ2) is 10.7. The molecule has 0 bridgehead atoms. The van der Waals surface area contributed by atoms with E-state index in [1.807, 2.05) is 47.9 Å². The topological polar surface area (TPSA) is 69.0 Å². The summed E-state index contributed by atoms with van der Waals surface area (Å²) in [6.07, 6.45) is 0. The van der Waals surface area contributed by atoms with Crippen LogP contribution in [0.25, 0.3) is 17.1 Å². The van der Waals surface area contributed by atoms with Crippen LogP contribution in [0.15, 0.2) is 71.9 Å². The first kappa shape index (κ1) is 23.8. The number of ether oxygens (including phenoxy) is 1. The van der Waals surface area contributed by atoms with Crippen molar-refractivity contribution in [1.82, 2.24) is 14.8 Å². The van der Waals surface area contributed by atoms with Crippen molar-refractivity contribution < 1.29 is 13.9 Å². The minimum absolute atomic E-state index is 0.0747. The van der Waals surface area contributed by atoms with Crippen molar-refractivity contribution in [3.8, 4) is 22.8 Å². The van der Waals surface area contributed by atoms with Gasteiger partial charge in [0.1, 0.15) is 11.6 Å². The molecule has 0 saturated heterocycles. The van der Waals surface area contributed by atoms with Crippen LogP contribution in [0, 0.1) is 12.7 Å². The summed E-state index contributed by atoms with van der Waals surface area (Å²) in [6, 6.07) is 19.5. The van der Waals surface area contributed by atoms with Gasteiger partial charge < -0.3 is 10.1 Å². The fourth-order valence-corrected chi connectivity index (χ4v) is 4.12. The lowest BCUT2D eigenvalue weighted by Crippen LogP contribution is -2.14. The van der Waals surface area contributed by atoms with Gasteiger partial charge in [-0.25, -0.2) is 4.39 Å². The van der Waals surface area contributed by atoms with Crippen molar-refractivity contribution in [2.45, 2.75) is 19.0 Å². The van der Waals surface area contributed by atoms with E-state index in [0.717, 1.165) is 17.0 Å². The molecule has 0 atom stereocenters. The Bertz CT molecular complexity index is 1290. The molecule has 0 radical (unpaired) electrons. The fraction of sp³-hybridized carbons (Fsp3) is 0.160. The number of anilines is 1. The molecule has 3 aromatic carbocycles. The van der Waals surface area contributed by atoms with E-state index < -0.39 is 0 Å². The quantitative estimate of drug-likeness (QED) is 0.296. The average Bonchev–Trinajstić information content (AvgIpc) is 3.25. The summed E-state index contributed by atoms with van der Waals surface area (Å²) in [5.74, 6) is 0.803. The van der Waals surface area contributed by atoms with Gasteiger partial charge in [-0.3, -0.25) is 9.36 Å². The molecule has 0 unspecified atom stereocenters. The van der Waals surface area contributed by atoms with Gasteiger partial charge in [0.25, 0.3) is 0 Å². The van der Waals surface area contributed by atoms with Gasteiger partial charge in [-0.1, -0.05) is 29.4 Å². The normalized spacial score (nSPS) is 10.8. The molecule has 0 fully saturated rings. The summed E-state index contributed by atoms with van der Waals surface area (Å²) < 4.78 is 21.2. The number of benzene rings is 3. The molecular formula is C25H22ClFN4O2S. The number of aryl methyl sites for hydroxylation is 1. The number of hydrogen-bond donors (Lipinski definition) is 1. The Morgan fingerprint density at radius 2 is 1.82 bits per heavy atom. The number of halogens is 2. The van der Waals surface area contributed by atoms with E-state index >= 15 is 0 Å². The molecule has 0 aliphatic heterocycles. The predicted octanol–water partition coefficient (Wildman–Crippen LogP) is 6.16. The van der Waals surface area contributed by atoms with Crippen LogP contribution in [0.3, 0.4) is 0 Å². The van der Waals surface area contributed by atoms with Gasteiger partial charge in [0, 0.05) is 22.0 Å². The summed E-state index contributed by atoms with van der Waals surface area (Å²) in [5, 5.41) is 12.6. The highest BCUT2D eigenvalue weighted by molar-refractivity contribution is 7.99. The predicted molar refractivity (Wildman–Crippen MR) is 133 cm³/mol. The summed E-state index contributed by atoms with van der Waals surface area (Å²) in [5.41, 5.74) is 2.58. The maximum absolute atomic E-state index is 13.8. The van der Waals surface area contributed by atoms with Crippen molar-refractivity contribution in [3.63, 3.8) is 0 Å². The van der Waals surface area contributed by atoms with Crippen molar-refractivity contribution in [3.05, 3.63) is 83.1 Å². The van der Waals surface area contributed by atoms with Crippen molar-refractivity contribution in [2.75, 3.05) is 17.7 Å². The maximum atomic E-state index is 13.8. The fourth-order valence-electron chi connectivity index (χ4n) is 3.24. The minimum atomic E-state index is -0.367. The van der Waals surface area contributed by atoms with Gasteiger partial charge in [0.15, 0.2) is 11.0 Å². The lowest BCUT2D eigenvalue weighted by Gasteiger charge is -2.12. The second-order valence-electron chi connectivity index (χ2n) is 7.38. The zero-order valence-electron chi connectivity index (χ0n) is 18.6. The molecule has 0 aliphatic rings. The lowest BCUT2D eigenvalue weighted by molar-refractivity contribution is -0.113. The van der Waals surface area contributed by atoms with Gasteiger partial charge in [-0.15, -0.1) is 10.2 Å². The molecule has 174 valence electrons. The molecule has 0 aliphatic carbocycles. The number of carbonyl (C=O) groups is 1. The SMILES string of the molecule is CCOc1ccc(-n2c(SCC(=O)Nc3ccc(C)c(F)c3)nnc2-c2ccc(Cl)cc2)cc1. The van der Waals surface area contributed by atoms with Crippen LogP contribution in [-0.2, 0) is 4.79 Å². The Morgan fingerprint density at radius 1 is 1.09 bits per heavy atom. The first-order chi connectivity index (χ1) is 16.4. The Kier molecular flexibility index (Phi) is 7.49. The van der Waals surface area contributed by atoms with Crippen LogP contribution in [-0.4, -0.2) is 33.0 Å². The van der Waals surface area contributed by atoms with Crippen LogP contribution < -0.4 is 10.1 Å². The summed E-state index contributed by atoms with van der Waals surface area (Å²) in [6.45, 7) is 4.17. The summed E-state index contributed by atoms with van der Waals surface area (Å²) in [4.78, 5) is 12.5. The molecule has 1 aromatic heterocycles. The molecule has 0 spiro atoms. The molecule has 4 rings (SSSR count). The van der Waals surface area contributed by atoms with Gasteiger partial charge in [-0.2, -0.15) is 0 Å². The molecule has 1 N–H and O–H groups in total. The zero-order valence-corrected chi connectivity index (χ0v) is 20.2. The Labute approximate surface area is 206 Å². The molecule has 1 amide bonds. The molecule has 6 nitrogen and oxygen atoms in total. The molecule has 1 heterocycles. The number of nitrogens with zero attached hydrogens (tertiary/aromatic N) is 3. The van der Waals surface area contributed by atoms with E-state index in [9.17, 15) is 9.18 Å². The van der Waals surface area contributed by atoms with Crippen LogP contribution in [0.1, 0.15) is 12.5 Å². The number of nitrogens with one attached hydrogen (secondary N) is 1. The first-order valence-corrected chi connectivity index (χ1v) is 11.9. The molecule has 9 heteroatoms. The number of amides is 1. The molecule has 34 heavy (non-hydrogen) atoms. The number of rotatable bonds is 8. The van der Waals surface area contributed by atoms with Gasteiger partial charge in [0.2, 0.25) is 5.91 Å². The zero-order chi connectivity index (χ0) is 24.1. The molecule has 0 saturated carbocycles. The lowest BCUT2D eigenvalue weighted by atomic mass is 10.2. The third-order valence-electron chi connectivity index (χ3n) is 4.93. The first-order valence-electron chi connectivity index (χ1n) is 10.6. The summed E-state index contributed by atoms with van der Waals surface area (Å²) in [7, 11) is 0. The van der Waals surface area contributed by atoms with Crippen LogP contribution >= 0.6 is 23.4 Å². The van der Waals surface area contributed by atoms with Gasteiger partial charge in [0.05, 0.1) is 12.4 Å². The van der Waals surface area contributed by atoms with Crippen molar-refractivity contribution >= 4 is 35.0 Å². The Hall–Kier alpha value is -3.36. The number of hydrogen-bond acceptors (Lipinski definition) is 5. The highest BCUT2D eigenvalue weighted by Gasteiger charge is 2.18. The van der Waals surface area contributed by atoms with E-state index in [-0.39, 0.29) is 17.5 Å². The van der Waals surface area contributed by atoms with Crippen molar-refractivity contribution in [1.29, 1.82) is 0 Å². The third kappa shape index (κ3) is 5.58. The van der Waals surface area contributed by atoms with E-state index in [4.69, 9.17) is 16.3 Å². The molecule has 4 aromatic rings. The Morgan fingerprint density at radius 3 is 2.50 bits per heavy atom. The van der Waals surface area contributed by atoms with Crippen LogP contribution in [0.2, 0.25) is 5.02 Å². The number of carbonyl (C=O) groups excluding carboxylic acids is 1. The maximum Gasteiger partial charge on any atom is 0.234 e. The second-order valence-corrected chi connectivity index (χ2v) is 8.76. The highest BCUT2D eigenvalue weighted by atomic mass is 35.5. The monoisotopic (exact) mass is 496 g/mol. The highest BCUT2D eigenvalue weighted by Crippen LogP contribution is 2.29. The minimum Gasteiger partial charge on any atom is -0.494 e. The van der Waals surface area contributed by atoms with Gasteiger partial charge in [-0.05, 0) is 80.1 Å². The van der Waals surface area contributed by atoms with E-state index in [2.05, 4.69) is 15.5 Å². The molecular weight excluding hydrogens is 475 g/mol. The Balaban J connectivity index is 1.59. The van der Waals surface area contributed by atoms with Gasteiger partial charge >= 0.3 is 0 Å². The van der Waals surface area contributed by atoms with Crippen molar-refractivity contribution in [2.24, 2.45) is 0 Å². The smallest absolute Gasteiger partial charge is 0.234 e.